The lowest BCUT2D eigenvalue weighted by Crippen LogP contribution is -2.31. The van der Waals surface area contributed by atoms with E-state index in [4.69, 9.17) is 4.74 Å². The van der Waals surface area contributed by atoms with Crippen LogP contribution in [0, 0.1) is 24.0 Å². The first-order valence-electron chi connectivity index (χ1n) is 11.2. The van der Waals surface area contributed by atoms with Gasteiger partial charge >= 0.3 is 0 Å². The monoisotopic (exact) mass is 536 g/mol. The highest BCUT2D eigenvalue weighted by Gasteiger charge is 2.46. The van der Waals surface area contributed by atoms with E-state index in [1.165, 1.54) is 51.8 Å². The predicted octanol–water partition coefficient (Wildman–Crippen LogP) is 5.46. The van der Waals surface area contributed by atoms with Gasteiger partial charge in [-0.05, 0) is 56.7 Å². The molecule has 4 aromatic rings. The minimum Gasteiger partial charge on any atom is -0.503 e. The lowest BCUT2D eigenvalue weighted by atomic mass is 9.95. The number of non-ortho nitro benzene ring substituents is 1. The Balaban J connectivity index is 1.66. The molecule has 2 aromatic carbocycles. The van der Waals surface area contributed by atoms with Gasteiger partial charge in [-0.15, -0.1) is 11.3 Å². The Kier molecular flexibility index (Phi) is 6.21. The Labute approximate surface area is 218 Å². The first kappa shape index (κ1) is 24.5. The first-order chi connectivity index (χ1) is 17.7. The standard InChI is InChI=1S/C25H20N4O6S2/c1-4-35-16-9-10-17-18(11-16)37-25(27-17)28-20(14-5-7-15(8-6-14)29(33)34)19(22(31)24(28)32)21(30)23-12(2)26-13(3)36-23/h5-11,20,31H,4H2,1-3H3. The number of benzene rings is 2. The second-order valence-corrected chi connectivity index (χ2v) is 10.4. The van der Waals surface area contributed by atoms with Gasteiger partial charge < -0.3 is 9.84 Å². The average Bonchev–Trinajstić information content (AvgIpc) is 3.51. The van der Waals surface area contributed by atoms with Crippen molar-refractivity contribution in [1.82, 2.24) is 9.97 Å². The number of amides is 1. The maximum Gasteiger partial charge on any atom is 0.296 e. The molecule has 188 valence electrons. The number of ether oxygens (including phenoxy) is 1. The molecule has 1 aliphatic heterocycles. The van der Waals surface area contributed by atoms with E-state index in [-0.39, 0.29) is 16.4 Å². The van der Waals surface area contributed by atoms with Gasteiger partial charge in [0.2, 0.25) is 5.78 Å². The van der Waals surface area contributed by atoms with Crippen molar-refractivity contribution in [2.45, 2.75) is 26.8 Å². The molecule has 37 heavy (non-hydrogen) atoms. The number of rotatable bonds is 7. The molecule has 0 fully saturated rings. The third-order valence-corrected chi connectivity index (χ3v) is 7.94. The maximum atomic E-state index is 13.7. The molecule has 1 aliphatic rings. The van der Waals surface area contributed by atoms with Crippen molar-refractivity contribution in [2.24, 2.45) is 0 Å². The number of ketones is 1. The summed E-state index contributed by atoms with van der Waals surface area (Å²) in [7, 11) is 0. The molecule has 0 saturated heterocycles. The zero-order valence-electron chi connectivity index (χ0n) is 19.9. The van der Waals surface area contributed by atoms with E-state index in [2.05, 4.69) is 9.97 Å². The highest BCUT2D eigenvalue weighted by atomic mass is 32.1. The fourth-order valence-corrected chi connectivity index (χ4v) is 6.14. The van der Waals surface area contributed by atoms with Crippen LogP contribution in [0.4, 0.5) is 10.8 Å². The molecular weight excluding hydrogens is 516 g/mol. The first-order valence-corrected chi connectivity index (χ1v) is 12.9. The molecule has 1 amide bonds. The van der Waals surface area contributed by atoms with Crippen molar-refractivity contribution >= 4 is 55.4 Å². The summed E-state index contributed by atoms with van der Waals surface area (Å²) in [4.78, 5) is 48.3. The topological polar surface area (TPSA) is 136 Å². The van der Waals surface area contributed by atoms with Gasteiger partial charge in [0.1, 0.15) is 5.75 Å². The summed E-state index contributed by atoms with van der Waals surface area (Å²) < 4.78 is 6.32. The molecule has 2 aromatic heterocycles. The number of hydrogen-bond acceptors (Lipinski definition) is 10. The number of nitrogens with zero attached hydrogens (tertiary/aromatic N) is 4. The van der Waals surface area contributed by atoms with Crippen molar-refractivity contribution in [3.63, 3.8) is 0 Å². The van der Waals surface area contributed by atoms with Gasteiger partial charge in [-0.1, -0.05) is 11.3 Å². The molecule has 1 atom stereocenters. The van der Waals surface area contributed by atoms with Crippen LogP contribution in [0.2, 0.25) is 0 Å². The average molecular weight is 537 g/mol. The normalized spacial score (nSPS) is 15.6. The number of Topliss-reactive ketones (excluding diaryl/α,β-unsaturated/α-hetero) is 1. The quantitative estimate of drug-likeness (QED) is 0.187. The smallest absolute Gasteiger partial charge is 0.296 e. The molecule has 0 aliphatic carbocycles. The molecule has 0 spiro atoms. The Morgan fingerprint density at radius 1 is 1.16 bits per heavy atom. The molecule has 0 saturated carbocycles. The van der Waals surface area contributed by atoms with Crippen molar-refractivity contribution in [2.75, 3.05) is 11.5 Å². The Morgan fingerprint density at radius 3 is 2.51 bits per heavy atom. The molecule has 5 rings (SSSR count). The van der Waals surface area contributed by atoms with E-state index in [0.29, 0.717) is 39.0 Å². The third kappa shape index (κ3) is 4.23. The Bertz CT molecular complexity index is 1610. The largest absolute Gasteiger partial charge is 0.503 e. The van der Waals surface area contributed by atoms with Crippen molar-refractivity contribution in [1.29, 1.82) is 0 Å². The SMILES string of the molecule is CCOc1ccc2nc(N3C(=O)C(O)=C(C(=O)c4sc(C)nc4C)C3c3ccc([N+](=O)[O-])cc3)sc2c1. The molecule has 12 heteroatoms. The minimum absolute atomic E-state index is 0.125. The van der Waals surface area contributed by atoms with Crippen LogP contribution in [0.15, 0.2) is 53.8 Å². The fraction of sp³-hybridized carbons (Fsp3) is 0.200. The number of aliphatic hydroxyl groups excluding tert-OH is 1. The number of aliphatic hydroxyl groups is 1. The number of nitro groups is 1. The number of hydrogen-bond donors (Lipinski definition) is 1. The number of aryl methyl sites for hydroxylation is 2. The van der Waals surface area contributed by atoms with Crippen LogP contribution in [0.1, 0.15) is 38.9 Å². The van der Waals surface area contributed by atoms with E-state index >= 15 is 0 Å². The summed E-state index contributed by atoms with van der Waals surface area (Å²) in [5.74, 6) is -1.35. The highest BCUT2D eigenvalue weighted by molar-refractivity contribution is 7.22. The second-order valence-electron chi connectivity index (χ2n) is 8.22. The number of anilines is 1. The lowest BCUT2D eigenvalue weighted by molar-refractivity contribution is -0.384. The predicted molar refractivity (Wildman–Crippen MR) is 140 cm³/mol. The van der Waals surface area contributed by atoms with E-state index < -0.39 is 28.4 Å². The number of nitro benzene ring substituents is 1. The zero-order valence-corrected chi connectivity index (χ0v) is 21.6. The van der Waals surface area contributed by atoms with E-state index in [9.17, 15) is 24.8 Å². The molecule has 1 unspecified atom stereocenters. The van der Waals surface area contributed by atoms with Gasteiger partial charge in [0.25, 0.3) is 11.6 Å². The van der Waals surface area contributed by atoms with Crippen molar-refractivity contribution in [3.05, 3.63) is 85.1 Å². The van der Waals surface area contributed by atoms with E-state index in [1.54, 1.807) is 26.0 Å². The van der Waals surface area contributed by atoms with Gasteiger partial charge in [0, 0.05) is 12.1 Å². The summed E-state index contributed by atoms with van der Waals surface area (Å²) in [5, 5.41) is 23.1. The van der Waals surface area contributed by atoms with Gasteiger partial charge in [0.05, 0.1) is 48.9 Å². The second kappa shape index (κ2) is 9.37. The summed E-state index contributed by atoms with van der Waals surface area (Å²) in [6, 6.07) is 9.84. The number of aromatic nitrogens is 2. The van der Waals surface area contributed by atoms with Gasteiger partial charge in [-0.2, -0.15) is 0 Å². The van der Waals surface area contributed by atoms with Gasteiger partial charge in [-0.3, -0.25) is 24.6 Å². The van der Waals surface area contributed by atoms with E-state index in [1.807, 2.05) is 13.0 Å². The minimum atomic E-state index is -1.05. The molecule has 0 radical (unpaired) electrons. The molecule has 3 heterocycles. The maximum absolute atomic E-state index is 13.7. The van der Waals surface area contributed by atoms with Crippen LogP contribution in [-0.2, 0) is 4.79 Å². The van der Waals surface area contributed by atoms with Crippen molar-refractivity contribution in [3.8, 4) is 5.75 Å². The number of carbonyl (C=O) groups is 2. The van der Waals surface area contributed by atoms with Gasteiger partial charge in [0.15, 0.2) is 10.9 Å². The summed E-state index contributed by atoms with van der Waals surface area (Å²) >= 11 is 2.38. The van der Waals surface area contributed by atoms with Crippen LogP contribution >= 0.6 is 22.7 Å². The summed E-state index contributed by atoms with van der Waals surface area (Å²) in [6.07, 6.45) is 0. The van der Waals surface area contributed by atoms with Crippen LogP contribution in [0.25, 0.3) is 10.2 Å². The number of fused-ring (bicyclic) bond motifs is 1. The Morgan fingerprint density at radius 2 is 1.89 bits per heavy atom. The van der Waals surface area contributed by atoms with Gasteiger partial charge in [-0.25, -0.2) is 9.97 Å². The van der Waals surface area contributed by atoms with Crippen LogP contribution in [0.3, 0.4) is 0 Å². The molecule has 10 nitrogen and oxygen atoms in total. The number of thiazole rings is 2. The fourth-order valence-electron chi connectivity index (χ4n) is 4.24. The van der Waals surface area contributed by atoms with Crippen LogP contribution < -0.4 is 9.64 Å². The van der Waals surface area contributed by atoms with E-state index in [0.717, 1.165) is 4.70 Å². The number of carbonyl (C=O) groups excluding carboxylic acids is 2. The Hall–Kier alpha value is -4.16. The lowest BCUT2D eigenvalue weighted by Gasteiger charge is -2.24. The summed E-state index contributed by atoms with van der Waals surface area (Å²) in [6.45, 7) is 5.82. The van der Waals surface area contributed by atoms with Crippen LogP contribution in [0.5, 0.6) is 5.75 Å². The highest BCUT2D eigenvalue weighted by Crippen LogP contribution is 2.45. The zero-order chi connectivity index (χ0) is 26.4. The third-order valence-electron chi connectivity index (χ3n) is 5.85. The molecule has 1 N–H and O–H groups in total. The van der Waals surface area contributed by atoms with Crippen LogP contribution in [-0.4, -0.2) is 38.3 Å². The summed E-state index contributed by atoms with van der Waals surface area (Å²) in [5.41, 5.74) is 1.26. The van der Waals surface area contributed by atoms with Crippen molar-refractivity contribution < 1.29 is 24.4 Å². The molecular formula is C25H20N4O6S2. The molecule has 0 bridgehead atoms.